The first-order valence-corrected chi connectivity index (χ1v) is 6.98. The molecule has 1 aromatic rings. The molecule has 1 aliphatic heterocycles. The Kier molecular flexibility index (Phi) is 5.03. The Balaban J connectivity index is 1.84. The fourth-order valence-corrected chi connectivity index (χ4v) is 2.40. The van der Waals surface area contributed by atoms with Crippen LogP contribution in [0.2, 0.25) is 0 Å². The van der Waals surface area contributed by atoms with Crippen molar-refractivity contribution >= 4 is 12.0 Å². The first kappa shape index (κ1) is 15.2. The molecule has 0 bridgehead atoms. The molecule has 0 aliphatic carbocycles. The number of carbonyl (C=O) groups is 2. The maximum Gasteiger partial charge on any atom is 0.317 e. The van der Waals surface area contributed by atoms with Gasteiger partial charge in [0.2, 0.25) is 0 Å². The maximum atomic E-state index is 12.1. The van der Waals surface area contributed by atoms with Crippen LogP contribution in [0.3, 0.4) is 0 Å². The predicted octanol–water partition coefficient (Wildman–Crippen LogP) is 1.70. The molecule has 6 nitrogen and oxygen atoms in total. The topological polar surface area (TPSA) is 78.9 Å². The first-order valence-electron chi connectivity index (χ1n) is 6.98. The zero-order chi connectivity index (χ0) is 15.2. The molecule has 2 amide bonds. The van der Waals surface area contributed by atoms with Gasteiger partial charge in [0.05, 0.1) is 13.0 Å². The highest BCUT2D eigenvalue weighted by Crippen LogP contribution is 2.17. The third-order valence-corrected chi connectivity index (χ3v) is 3.66. The summed E-state index contributed by atoms with van der Waals surface area (Å²) in [6, 6.07) is 7.23. The zero-order valence-corrected chi connectivity index (χ0v) is 12.0. The van der Waals surface area contributed by atoms with Gasteiger partial charge in [-0.05, 0) is 30.5 Å². The van der Waals surface area contributed by atoms with Crippen LogP contribution >= 0.6 is 0 Å². The van der Waals surface area contributed by atoms with Gasteiger partial charge in [-0.25, -0.2) is 4.79 Å². The molecule has 0 radical (unpaired) electrons. The van der Waals surface area contributed by atoms with Gasteiger partial charge in [0.15, 0.2) is 0 Å². The molecular weight excluding hydrogens is 272 g/mol. The van der Waals surface area contributed by atoms with E-state index in [1.807, 2.05) is 24.3 Å². The van der Waals surface area contributed by atoms with E-state index in [0.29, 0.717) is 19.5 Å². The quantitative estimate of drug-likeness (QED) is 0.885. The van der Waals surface area contributed by atoms with Crippen LogP contribution in [0.4, 0.5) is 4.79 Å². The Hall–Kier alpha value is -2.24. The summed E-state index contributed by atoms with van der Waals surface area (Å²) in [6.45, 7) is 1.30. The van der Waals surface area contributed by atoms with Gasteiger partial charge in [-0.3, -0.25) is 4.79 Å². The summed E-state index contributed by atoms with van der Waals surface area (Å²) >= 11 is 0. The normalized spacial score (nSPS) is 18.1. The maximum absolute atomic E-state index is 12.1. The van der Waals surface area contributed by atoms with Gasteiger partial charge >= 0.3 is 12.0 Å². The summed E-state index contributed by atoms with van der Waals surface area (Å²) in [6.07, 6.45) is 1.37. The molecule has 2 N–H and O–H groups in total. The van der Waals surface area contributed by atoms with E-state index in [9.17, 15) is 9.59 Å². The SMILES string of the molecule is COc1ccc(CNC(=O)N2CCC[C@H](C(=O)O)C2)cc1. The number of nitrogens with zero attached hydrogens (tertiary/aromatic N) is 1. The number of carbonyl (C=O) groups excluding carboxylic acids is 1. The number of aliphatic carboxylic acids is 1. The Bertz CT molecular complexity index is 501. The molecular formula is C15H20N2O4. The summed E-state index contributed by atoms with van der Waals surface area (Å²) in [4.78, 5) is 24.6. The van der Waals surface area contributed by atoms with Crippen molar-refractivity contribution in [2.45, 2.75) is 19.4 Å². The second-order valence-electron chi connectivity index (χ2n) is 5.13. The van der Waals surface area contributed by atoms with E-state index in [0.717, 1.165) is 17.7 Å². The molecule has 21 heavy (non-hydrogen) atoms. The third-order valence-electron chi connectivity index (χ3n) is 3.66. The molecule has 6 heteroatoms. The van der Waals surface area contributed by atoms with Gasteiger partial charge in [0.1, 0.15) is 5.75 Å². The van der Waals surface area contributed by atoms with Gasteiger partial charge in [0, 0.05) is 19.6 Å². The Morgan fingerprint density at radius 3 is 2.71 bits per heavy atom. The standard InChI is InChI=1S/C15H20N2O4/c1-21-13-6-4-11(5-7-13)9-16-15(20)17-8-2-3-12(10-17)14(18)19/h4-7,12H,2-3,8-10H2,1H3,(H,16,20)(H,18,19)/t12-/m0/s1. The van der Waals surface area contributed by atoms with Crippen LogP contribution in [0.1, 0.15) is 18.4 Å². The van der Waals surface area contributed by atoms with Crippen LogP contribution in [0.5, 0.6) is 5.75 Å². The molecule has 1 saturated heterocycles. The number of rotatable bonds is 4. The summed E-state index contributed by atoms with van der Waals surface area (Å²) in [5, 5.41) is 11.8. The molecule has 0 unspecified atom stereocenters. The molecule has 114 valence electrons. The molecule has 1 atom stereocenters. The van der Waals surface area contributed by atoms with Crippen LogP contribution in [0, 0.1) is 5.92 Å². The number of carboxylic acids is 1. The van der Waals surface area contributed by atoms with E-state index >= 15 is 0 Å². The van der Waals surface area contributed by atoms with Crippen molar-refractivity contribution in [3.8, 4) is 5.75 Å². The number of methoxy groups -OCH3 is 1. The average molecular weight is 292 g/mol. The molecule has 1 heterocycles. The van der Waals surface area contributed by atoms with Crippen molar-refractivity contribution in [3.63, 3.8) is 0 Å². The number of benzene rings is 1. The molecule has 0 spiro atoms. The second-order valence-corrected chi connectivity index (χ2v) is 5.13. The fraction of sp³-hybridized carbons (Fsp3) is 0.467. The van der Waals surface area contributed by atoms with Gasteiger partial charge in [-0.1, -0.05) is 12.1 Å². The minimum Gasteiger partial charge on any atom is -0.497 e. The summed E-state index contributed by atoms with van der Waals surface area (Å²) in [5.41, 5.74) is 0.968. The van der Waals surface area contributed by atoms with E-state index in [1.165, 1.54) is 0 Å². The number of carboxylic acid groups (broad SMARTS) is 1. The number of amides is 2. The second kappa shape index (κ2) is 6.97. The van der Waals surface area contributed by atoms with Crippen molar-refractivity contribution in [2.24, 2.45) is 5.92 Å². The number of nitrogens with one attached hydrogen (secondary N) is 1. The van der Waals surface area contributed by atoms with E-state index in [4.69, 9.17) is 9.84 Å². The van der Waals surface area contributed by atoms with Gasteiger partial charge in [-0.2, -0.15) is 0 Å². The van der Waals surface area contributed by atoms with Crippen molar-refractivity contribution in [1.82, 2.24) is 10.2 Å². The number of ether oxygens (including phenoxy) is 1. The minimum atomic E-state index is -0.831. The molecule has 1 aliphatic rings. The number of hydrogen-bond donors (Lipinski definition) is 2. The minimum absolute atomic E-state index is 0.211. The van der Waals surface area contributed by atoms with Crippen LogP contribution in [-0.4, -0.2) is 42.2 Å². The summed E-state index contributed by atoms with van der Waals surface area (Å²) in [5.74, 6) is -0.515. The van der Waals surface area contributed by atoms with Crippen molar-refractivity contribution in [2.75, 3.05) is 20.2 Å². The highest BCUT2D eigenvalue weighted by molar-refractivity contribution is 5.76. The monoisotopic (exact) mass is 292 g/mol. The molecule has 2 rings (SSSR count). The van der Waals surface area contributed by atoms with Crippen LogP contribution in [0.15, 0.2) is 24.3 Å². The smallest absolute Gasteiger partial charge is 0.317 e. The zero-order valence-electron chi connectivity index (χ0n) is 12.0. The Morgan fingerprint density at radius 1 is 1.38 bits per heavy atom. The molecule has 1 aromatic carbocycles. The third kappa shape index (κ3) is 4.11. The highest BCUT2D eigenvalue weighted by atomic mass is 16.5. The van der Waals surface area contributed by atoms with Crippen molar-refractivity contribution in [1.29, 1.82) is 0 Å². The Labute approximate surface area is 123 Å². The Morgan fingerprint density at radius 2 is 2.10 bits per heavy atom. The van der Waals surface area contributed by atoms with Gasteiger partial charge in [-0.15, -0.1) is 0 Å². The number of urea groups is 1. The highest BCUT2D eigenvalue weighted by Gasteiger charge is 2.27. The van der Waals surface area contributed by atoms with Crippen molar-refractivity contribution < 1.29 is 19.4 Å². The van der Waals surface area contributed by atoms with Crippen LogP contribution < -0.4 is 10.1 Å². The number of likely N-dealkylation sites (tertiary alicyclic amines) is 1. The van der Waals surface area contributed by atoms with E-state index in [-0.39, 0.29) is 12.6 Å². The lowest BCUT2D eigenvalue weighted by atomic mass is 9.99. The molecule has 0 aromatic heterocycles. The van der Waals surface area contributed by atoms with E-state index in [1.54, 1.807) is 12.0 Å². The predicted molar refractivity (Wildman–Crippen MR) is 77.2 cm³/mol. The van der Waals surface area contributed by atoms with Crippen LogP contribution in [0.25, 0.3) is 0 Å². The molecule has 0 saturated carbocycles. The average Bonchev–Trinajstić information content (AvgIpc) is 2.53. The number of hydrogen-bond acceptors (Lipinski definition) is 3. The lowest BCUT2D eigenvalue weighted by molar-refractivity contribution is -0.143. The molecule has 1 fully saturated rings. The number of piperidine rings is 1. The van der Waals surface area contributed by atoms with E-state index < -0.39 is 11.9 Å². The lowest BCUT2D eigenvalue weighted by Gasteiger charge is -2.30. The van der Waals surface area contributed by atoms with Gasteiger partial charge < -0.3 is 20.1 Å². The van der Waals surface area contributed by atoms with Crippen LogP contribution in [-0.2, 0) is 11.3 Å². The van der Waals surface area contributed by atoms with Gasteiger partial charge in [0.25, 0.3) is 0 Å². The largest absolute Gasteiger partial charge is 0.497 e. The summed E-state index contributed by atoms with van der Waals surface area (Å²) in [7, 11) is 1.60. The van der Waals surface area contributed by atoms with E-state index in [2.05, 4.69) is 5.32 Å². The summed E-state index contributed by atoms with van der Waals surface area (Å²) < 4.78 is 5.07. The first-order chi connectivity index (χ1) is 10.1. The fourth-order valence-electron chi connectivity index (χ4n) is 2.40. The van der Waals surface area contributed by atoms with Crippen molar-refractivity contribution in [3.05, 3.63) is 29.8 Å². The lowest BCUT2D eigenvalue weighted by Crippen LogP contribution is -2.46.